The van der Waals surface area contributed by atoms with Crippen molar-refractivity contribution in [2.45, 2.75) is 11.2 Å². The van der Waals surface area contributed by atoms with E-state index in [1.54, 1.807) is 18.3 Å². The van der Waals surface area contributed by atoms with Crippen molar-refractivity contribution in [2.24, 2.45) is 0 Å². The summed E-state index contributed by atoms with van der Waals surface area (Å²) in [5, 5.41) is 7.34. The Bertz CT molecular complexity index is 1020. The van der Waals surface area contributed by atoms with Crippen LogP contribution in [0.2, 0.25) is 0 Å². The zero-order chi connectivity index (χ0) is 17.6. The summed E-state index contributed by atoms with van der Waals surface area (Å²) < 4.78 is 31.0. The summed E-state index contributed by atoms with van der Waals surface area (Å²) in [6, 6.07) is 5.34. The second-order valence-corrected chi connectivity index (χ2v) is 8.04. The number of piperazine rings is 1. The molecule has 25 heavy (non-hydrogen) atoms. The molecular formula is C15H18N6O3S. The molecule has 1 atom stereocenters. The lowest BCUT2D eigenvalue weighted by atomic mass is 10.2. The Morgan fingerprint density at radius 3 is 2.92 bits per heavy atom. The van der Waals surface area contributed by atoms with E-state index in [2.05, 4.69) is 25.3 Å². The first kappa shape index (κ1) is 16.2. The van der Waals surface area contributed by atoms with Gasteiger partial charge in [0.2, 0.25) is 15.0 Å². The number of hydrogen-bond acceptors (Lipinski definition) is 8. The number of nitrogens with zero attached hydrogens (tertiary/aromatic N) is 5. The summed E-state index contributed by atoms with van der Waals surface area (Å²) in [4.78, 5) is 10.9. The van der Waals surface area contributed by atoms with Gasteiger partial charge in [-0.1, -0.05) is 11.2 Å². The Morgan fingerprint density at radius 1 is 1.32 bits per heavy atom. The third-order valence-corrected chi connectivity index (χ3v) is 5.25. The highest BCUT2D eigenvalue weighted by Gasteiger charge is 2.28. The van der Waals surface area contributed by atoms with Crippen LogP contribution in [0.4, 0.5) is 0 Å². The molecule has 4 heterocycles. The highest BCUT2D eigenvalue weighted by atomic mass is 32.2. The van der Waals surface area contributed by atoms with Crippen molar-refractivity contribution in [2.75, 3.05) is 32.9 Å². The molecule has 4 rings (SSSR count). The molecule has 3 aromatic rings. The highest BCUT2D eigenvalue weighted by Crippen LogP contribution is 2.27. The van der Waals surface area contributed by atoms with Gasteiger partial charge in [-0.3, -0.25) is 9.30 Å². The van der Waals surface area contributed by atoms with Gasteiger partial charge in [0.25, 0.3) is 5.89 Å². The average molecular weight is 362 g/mol. The Hall–Kier alpha value is -2.30. The summed E-state index contributed by atoms with van der Waals surface area (Å²) in [5.74, 6) is 0.773. The summed E-state index contributed by atoms with van der Waals surface area (Å²) >= 11 is 0. The maximum absolute atomic E-state index is 12.0. The van der Waals surface area contributed by atoms with Crippen LogP contribution in [0.25, 0.3) is 17.1 Å². The van der Waals surface area contributed by atoms with Crippen LogP contribution in [-0.2, 0) is 9.84 Å². The van der Waals surface area contributed by atoms with E-state index in [4.69, 9.17) is 4.52 Å². The molecule has 1 fully saturated rings. The van der Waals surface area contributed by atoms with Crippen LogP contribution >= 0.6 is 0 Å². The molecule has 0 saturated carbocycles. The summed E-state index contributed by atoms with van der Waals surface area (Å²) in [6.45, 7) is 2.54. The van der Waals surface area contributed by atoms with Crippen molar-refractivity contribution in [3.8, 4) is 11.6 Å². The molecule has 0 aliphatic carbocycles. The highest BCUT2D eigenvalue weighted by molar-refractivity contribution is 7.90. The van der Waals surface area contributed by atoms with Crippen LogP contribution in [0.15, 0.2) is 34.1 Å². The van der Waals surface area contributed by atoms with Gasteiger partial charge < -0.3 is 9.84 Å². The number of likely N-dealkylation sites (N-methyl/N-ethyl adjacent to an activating group) is 1. The normalized spacial score (nSPS) is 19.5. The Kier molecular flexibility index (Phi) is 3.82. The van der Waals surface area contributed by atoms with E-state index in [9.17, 15) is 8.42 Å². The molecule has 0 radical (unpaired) electrons. The van der Waals surface area contributed by atoms with Crippen molar-refractivity contribution < 1.29 is 12.9 Å². The smallest absolute Gasteiger partial charge is 0.278 e. The van der Waals surface area contributed by atoms with Gasteiger partial charge in [-0.2, -0.15) is 4.98 Å². The molecule has 1 saturated heterocycles. The second-order valence-electron chi connectivity index (χ2n) is 6.13. The minimum absolute atomic E-state index is 0.00880. The number of fused-ring (bicyclic) bond motifs is 1. The first-order valence-electron chi connectivity index (χ1n) is 7.87. The summed E-state index contributed by atoms with van der Waals surface area (Å²) in [7, 11) is -1.49. The van der Waals surface area contributed by atoms with Gasteiger partial charge in [-0.15, -0.1) is 0 Å². The van der Waals surface area contributed by atoms with Crippen LogP contribution in [0.1, 0.15) is 11.9 Å². The van der Waals surface area contributed by atoms with Crippen LogP contribution in [-0.4, -0.2) is 65.8 Å². The molecule has 1 aliphatic heterocycles. The lowest BCUT2D eigenvalue weighted by Gasteiger charge is -2.30. The number of sulfone groups is 1. The maximum Gasteiger partial charge on any atom is 0.278 e. The fourth-order valence-electron chi connectivity index (χ4n) is 2.99. The third kappa shape index (κ3) is 2.81. The third-order valence-electron chi connectivity index (χ3n) is 4.30. The van der Waals surface area contributed by atoms with Gasteiger partial charge in [0.05, 0.1) is 11.6 Å². The molecule has 1 N–H and O–H groups in total. The standard InChI is InChI=1S/C15H18N6O3S/c1-20-8-6-16-9-11(20)13-18-14(24-19-13)12-10-5-3-4-7-21(10)15(17-12)25(2,22)23/h3-5,7,11,16H,6,8-9H2,1-2H3. The Balaban J connectivity index is 1.81. The summed E-state index contributed by atoms with van der Waals surface area (Å²) in [6.07, 6.45) is 2.78. The first-order chi connectivity index (χ1) is 11.9. The molecular weight excluding hydrogens is 344 g/mol. The largest absolute Gasteiger partial charge is 0.332 e. The monoisotopic (exact) mass is 362 g/mol. The van der Waals surface area contributed by atoms with Crippen molar-refractivity contribution in [3.63, 3.8) is 0 Å². The minimum Gasteiger partial charge on any atom is -0.332 e. The lowest BCUT2D eigenvalue weighted by molar-refractivity contribution is 0.190. The molecule has 0 spiro atoms. The zero-order valence-corrected chi connectivity index (χ0v) is 14.7. The second kappa shape index (κ2) is 5.90. The Morgan fingerprint density at radius 2 is 2.16 bits per heavy atom. The van der Waals surface area contributed by atoms with Crippen LogP contribution in [0, 0.1) is 0 Å². The molecule has 132 valence electrons. The molecule has 9 nitrogen and oxygen atoms in total. The number of imidazole rings is 1. The molecule has 1 aliphatic rings. The topological polar surface area (TPSA) is 106 Å². The predicted octanol–water partition coefficient (Wildman–Crippen LogP) is 0.364. The molecule has 0 bridgehead atoms. The molecule has 3 aromatic heterocycles. The van der Waals surface area contributed by atoms with Gasteiger partial charge >= 0.3 is 0 Å². The van der Waals surface area contributed by atoms with Gasteiger partial charge in [-0.05, 0) is 19.2 Å². The van der Waals surface area contributed by atoms with Gasteiger partial charge in [0, 0.05) is 32.1 Å². The predicted molar refractivity (Wildman–Crippen MR) is 89.8 cm³/mol. The number of hydrogen-bond donors (Lipinski definition) is 1. The summed E-state index contributed by atoms with van der Waals surface area (Å²) in [5.41, 5.74) is 0.972. The van der Waals surface area contributed by atoms with E-state index >= 15 is 0 Å². The van der Waals surface area contributed by atoms with E-state index in [-0.39, 0.29) is 17.1 Å². The van der Waals surface area contributed by atoms with E-state index in [1.165, 1.54) is 4.40 Å². The molecule has 0 amide bonds. The van der Waals surface area contributed by atoms with Crippen molar-refractivity contribution in [1.29, 1.82) is 0 Å². The van der Waals surface area contributed by atoms with Crippen molar-refractivity contribution in [3.05, 3.63) is 30.2 Å². The van der Waals surface area contributed by atoms with E-state index in [0.717, 1.165) is 25.9 Å². The maximum atomic E-state index is 12.0. The van der Waals surface area contributed by atoms with E-state index < -0.39 is 9.84 Å². The van der Waals surface area contributed by atoms with Gasteiger partial charge in [0.1, 0.15) is 0 Å². The minimum atomic E-state index is -3.50. The van der Waals surface area contributed by atoms with Crippen LogP contribution < -0.4 is 5.32 Å². The number of aromatic nitrogens is 4. The lowest BCUT2D eigenvalue weighted by Crippen LogP contribution is -2.44. The quantitative estimate of drug-likeness (QED) is 0.712. The van der Waals surface area contributed by atoms with E-state index in [1.807, 2.05) is 13.1 Å². The number of rotatable bonds is 3. The number of pyridine rings is 1. The molecule has 1 unspecified atom stereocenters. The zero-order valence-electron chi connectivity index (χ0n) is 13.9. The van der Waals surface area contributed by atoms with Gasteiger partial charge in [0.15, 0.2) is 11.5 Å². The fourth-order valence-corrected chi connectivity index (χ4v) is 3.76. The number of nitrogens with one attached hydrogen (secondary N) is 1. The van der Waals surface area contributed by atoms with E-state index in [0.29, 0.717) is 17.0 Å². The average Bonchev–Trinajstić information content (AvgIpc) is 3.19. The van der Waals surface area contributed by atoms with Gasteiger partial charge in [-0.25, -0.2) is 13.4 Å². The SMILES string of the molecule is CN1CCNCC1c1noc(-c2nc(S(C)(=O)=O)n3ccccc23)n1. The molecule has 0 aromatic carbocycles. The fraction of sp³-hybridized carbons (Fsp3) is 0.400. The van der Waals surface area contributed by atoms with Crippen molar-refractivity contribution in [1.82, 2.24) is 29.7 Å². The first-order valence-corrected chi connectivity index (χ1v) is 9.76. The van der Waals surface area contributed by atoms with Crippen LogP contribution in [0.5, 0.6) is 0 Å². The molecule has 10 heteroatoms. The Labute approximate surface area is 144 Å². The van der Waals surface area contributed by atoms with Crippen molar-refractivity contribution >= 4 is 15.4 Å². The van der Waals surface area contributed by atoms with Crippen LogP contribution in [0.3, 0.4) is 0 Å².